The van der Waals surface area contributed by atoms with Crippen molar-refractivity contribution in [2.45, 2.75) is 19.4 Å². The Morgan fingerprint density at radius 3 is 2.00 bits per heavy atom. The van der Waals surface area contributed by atoms with E-state index in [9.17, 15) is 31.5 Å². The lowest BCUT2D eigenvalue weighted by molar-refractivity contribution is -0.148. The van der Waals surface area contributed by atoms with Crippen molar-refractivity contribution in [3.63, 3.8) is 0 Å². The maximum atomic E-state index is 13.4. The predicted molar refractivity (Wildman–Crippen MR) is 82.3 cm³/mol. The Labute approximate surface area is 154 Å². The van der Waals surface area contributed by atoms with Gasteiger partial charge in [-0.15, -0.1) is 0 Å². The van der Waals surface area contributed by atoms with Crippen molar-refractivity contribution in [1.82, 2.24) is 0 Å². The van der Waals surface area contributed by atoms with E-state index in [-0.39, 0.29) is 5.75 Å². The molecule has 2 aromatic rings. The highest BCUT2D eigenvalue weighted by Gasteiger charge is 2.26. The molecule has 0 spiro atoms. The molecule has 0 bridgehead atoms. The summed E-state index contributed by atoms with van der Waals surface area (Å²) in [5.74, 6) is -12.6. The van der Waals surface area contributed by atoms with Crippen LogP contribution in [0.1, 0.15) is 18.4 Å². The predicted octanol–water partition coefficient (Wildman–Crippen LogP) is 4.46. The molecule has 0 N–H and O–H groups in total. The number of esters is 2. The van der Waals surface area contributed by atoms with Gasteiger partial charge in [-0.1, -0.05) is 17.7 Å². The molecule has 0 fully saturated rings. The molecule has 0 radical (unpaired) electrons. The van der Waals surface area contributed by atoms with Crippen molar-refractivity contribution in [1.29, 1.82) is 0 Å². The van der Waals surface area contributed by atoms with E-state index in [0.717, 1.165) is 0 Å². The smallest absolute Gasteiger partial charge is 0.311 e. The minimum Gasteiger partial charge on any atom is -0.461 e. The molecular formula is C17H10ClF5O4. The maximum absolute atomic E-state index is 13.4. The van der Waals surface area contributed by atoms with Crippen molar-refractivity contribution in [2.24, 2.45) is 0 Å². The van der Waals surface area contributed by atoms with Gasteiger partial charge in [0.1, 0.15) is 12.4 Å². The number of hydrogen-bond acceptors (Lipinski definition) is 4. The summed E-state index contributed by atoms with van der Waals surface area (Å²) in [6, 6.07) is 5.89. The fourth-order valence-corrected chi connectivity index (χ4v) is 2.10. The normalized spacial score (nSPS) is 10.6. The van der Waals surface area contributed by atoms with E-state index in [1.54, 1.807) is 6.07 Å². The van der Waals surface area contributed by atoms with E-state index < -0.39 is 66.0 Å². The lowest BCUT2D eigenvalue weighted by Gasteiger charge is -2.09. The first kappa shape index (κ1) is 20.6. The minimum atomic E-state index is -2.32. The van der Waals surface area contributed by atoms with E-state index in [1.165, 1.54) is 18.2 Å². The molecule has 27 heavy (non-hydrogen) atoms. The van der Waals surface area contributed by atoms with E-state index in [1.807, 2.05) is 0 Å². The van der Waals surface area contributed by atoms with Gasteiger partial charge in [-0.25, -0.2) is 22.0 Å². The van der Waals surface area contributed by atoms with Gasteiger partial charge in [0, 0.05) is 5.02 Å². The molecule has 2 aromatic carbocycles. The van der Waals surface area contributed by atoms with Crippen LogP contribution in [0, 0.1) is 29.1 Å². The van der Waals surface area contributed by atoms with Gasteiger partial charge >= 0.3 is 11.9 Å². The Morgan fingerprint density at radius 1 is 0.852 bits per heavy atom. The summed E-state index contributed by atoms with van der Waals surface area (Å²) in [5, 5.41) is 0.322. The quantitative estimate of drug-likeness (QED) is 0.233. The first-order chi connectivity index (χ1) is 12.7. The summed E-state index contributed by atoms with van der Waals surface area (Å²) in [4.78, 5) is 23.1. The van der Waals surface area contributed by atoms with Crippen LogP contribution in [0.3, 0.4) is 0 Å². The van der Waals surface area contributed by atoms with Crippen LogP contribution >= 0.6 is 11.6 Å². The standard InChI is InChI=1S/C17H10ClF5O4/c18-8-2-1-3-9(6-8)27-12(25)5-4-11(24)26-7-10-13(19)15(21)17(23)16(22)14(10)20/h1-3,6H,4-5,7H2. The van der Waals surface area contributed by atoms with Gasteiger partial charge in [-0.05, 0) is 18.2 Å². The van der Waals surface area contributed by atoms with Crippen LogP contribution in [0.2, 0.25) is 5.02 Å². The fourth-order valence-electron chi connectivity index (χ4n) is 1.92. The molecule has 0 aliphatic rings. The number of hydrogen-bond donors (Lipinski definition) is 0. The summed E-state index contributed by atoms with van der Waals surface area (Å²) in [6.07, 6.45) is -0.975. The van der Waals surface area contributed by atoms with Crippen LogP contribution in [-0.4, -0.2) is 11.9 Å². The van der Waals surface area contributed by atoms with Crippen molar-refractivity contribution in [3.05, 3.63) is 63.9 Å². The SMILES string of the molecule is O=C(CCC(=O)Oc1cccc(Cl)c1)OCc1c(F)c(F)c(F)c(F)c1F. The lowest BCUT2D eigenvalue weighted by atomic mass is 10.2. The summed E-state index contributed by atoms with van der Waals surface area (Å²) >= 11 is 5.71. The van der Waals surface area contributed by atoms with E-state index in [4.69, 9.17) is 16.3 Å². The number of rotatable bonds is 6. The molecule has 0 saturated carbocycles. The molecule has 2 rings (SSSR count). The molecule has 0 aliphatic carbocycles. The Kier molecular flexibility index (Phi) is 6.73. The number of benzene rings is 2. The van der Waals surface area contributed by atoms with Crippen LogP contribution in [0.4, 0.5) is 22.0 Å². The van der Waals surface area contributed by atoms with Crippen molar-refractivity contribution in [2.75, 3.05) is 0 Å². The zero-order valence-electron chi connectivity index (χ0n) is 13.3. The van der Waals surface area contributed by atoms with Gasteiger partial charge in [0.25, 0.3) is 0 Å². The largest absolute Gasteiger partial charge is 0.461 e. The highest BCUT2D eigenvalue weighted by molar-refractivity contribution is 6.30. The molecule has 10 heteroatoms. The molecule has 0 heterocycles. The number of ether oxygens (including phenoxy) is 2. The third-order valence-corrected chi connectivity index (χ3v) is 3.47. The summed E-state index contributed by atoms with van der Waals surface area (Å²) in [5.41, 5.74) is -1.29. The van der Waals surface area contributed by atoms with Crippen molar-refractivity contribution in [3.8, 4) is 5.75 Å². The Morgan fingerprint density at radius 2 is 1.41 bits per heavy atom. The summed E-state index contributed by atoms with van der Waals surface area (Å²) < 4.78 is 75.2. The molecule has 0 aromatic heterocycles. The third-order valence-electron chi connectivity index (χ3n) is 3.24. The summed E-state index contributed by atoms with van der Waals surface area (Å²) in [7, 11) is 0. The first-order valence-corrected chi connectivity index (χ1v) is 7.70. The van der Waals surface area contributed by atoms with Gasteiger partial charge in [-0.3, -0.25) is 9.59 Å². The zero-order chi connectivity index (χ0) is 20.1. The van der Waals surface area contributed by atoms with Crippen LogP contribution in [0.25, 0.3) is 0 Å². The number of carbonyl (C=O) groups excluding carboxylic acids is 2. The summed E-state index contributed by atoms with van der Waals surface area (Å²) in [6.45, 7) is -1.19. The second-order valence-corrected chi connectivity index (χ2v) is 5.58. The molecule has 4 nitrogen and oxygen atoms in total. The van der Waals surface area contributed by atoms with Crippen molar-refractivity contribution < 1.29 is 41.0 Å². The first-order valence-electron chi connectivity index (χ1n) is 7.33. The zero-order valence-corrected chi connectivity index (χ0v) is 14.1. The van der Waals surface area contributed by atoms with Crippen LogP contribution in [0.5, 0.6) is 5.75 Å². The second kappa shape index (κ2) is 8.81. The monoisotopic (exact) mass is 408 g/mol. The van der Waals surface area contributed by atoms with E-state index in [2.05, 4.69) is 4.74 Å². The van der Waals surface area contributed by atoms with Gasteiger partial charge in [0.05, 0.1) is 18.4 Å². The molecule has 0 saturated heterocycles. The van der Waals surface area contributed by atoms with Crippen molar-refractivity contribution >= 4 is 23.5 Å². The molecule has 0 unspecified atom stereocenters. The Balaban J connectivity index is 1.89. The van der Waals surface area contributed by atoms with Crippen LogP contribution in [-0.2, 0) is 20.9 Å². The van der Waals surface area contributed by atoms with E-state index >= 15 is 0 Å². The highest BCUT2D eigenvalue weighted by Crippen LogP contribution is 2.24. The molecule has 0 aliphatic heterocycles. The molecular weight excluding hydrogens is 399 g/mol. The van der Waals surface area contributed by atoms with E-state index in [0.29, 0.717) is 5.02 Å². The molecule has 0 amide bonds. The average Bonchev–Trinajstić information content (AvgIpc) is 2.63. The lowest BCUT2D eigenvalue weighted by Crippen LogP contribution is -2.14. The molecule has 0 atom stereocenters. The fraction of sp³-hybridized carbons (Fsp3) is 0.176. The van der Waals surface area contributed by atoms with Gasteiger partial charge in [0.15, 0.2) is 23.3 Å². The minimum absolute atomic E-state index is 0.141. The van der Waals surface area contributed by atoms with Crippen LogP contribution in [0.15, 0.2) is 24.3 Å². The highest BCUT2D eigenvalue weighted by atomic mass is 35.5. The second-order valence-electron chi connectivity index (χ2n) is 5.14. The number of carbonyl (C=O) groups is 2. The average molecular weight is 409 g/mol. The van der Waals surface area contributed by atoms with Gasteiger partial charge in [0.2, 0.25) is 5.82 Å². The number of halogens is 6. The van der Waals surface area contributed by atoms with Crippen LogP contribution < -0.4 is 4.74 Å². The third kappa shape index (κ3) is 5.16. The van der Waals surface area contributed by atoms with Gasteiger partial charge in [-0.2, -0.15) is 0 Å². The topological polar surface area (TPSA) is 52.6 Å². The Bertz CT molecular complexity index is 859. The maximum Gasteiger partial charge on any atom is 0.311 e. The molecule has 144 valence electrons. The Hall–Kier alpha value is -2.68. The van der Waals surface area contributed by atoms with Gasteiger partial charge < -0.3 is 9.47 Å².